The maximum absolute atomic E-state index is 13.5. The molecule has 0 saturated carbocycles. The van der Waals surface area contributed by atoms with Crippen molar-refractivity contribution in [2.45, 2.75) is 23.7 Å². The smallest absolute Gasteiger partial charge is 0.435 e. The third-order valence-corrected chi connectivity index (χ3v) is 9.20. The van der Waals surface area contributed by atoms with E-state index >= 15 is 0 Å². The number of methoxy groups -OCH3 is 1. The van der Waals surface area contributed by atoms with E-state index in [2.05, 4.69) is 14.8 Å². The molecule has 41 heavy (non-hydrogen) atoms. The number of piperazine rings is 1. The molecule has 3 aromatic rings. The summed E-state index contributed by atoms with van der Waals surface area (Å²) >= 11 is 0. The van der Waals surface area contributed by atoms with Gasteiger partial charge in [0, 0.05) is 44.5 Å². The van der Waals surface area contributed by atoms with Gasteiger partial charge in [-0.05, 0) is 30.3 Å². The lowest BCUT2D eigenvalue weighted by atomic mass is 10.2. The molecule has 1 N–H and O–H groups in total. The maximum Gasteiger partial charge on any atom is 0.435 e. The average molecular weight is 621 g/mol. The summed E-state index contributed by atoms with van der Waals surface area (Å²) in [5.41, 5.74) is -1.16. The molecular formula is C23H27F3N6O7S2. The molecule has 224 valence electrons. The van der Waals surface area contributed by atoms with Gasteiger partial charge in [-0.25, -0.2) is 31.1 Å². The Morgan fingerprint density at radius 1 is 1.07 bits per heavy atom. The highest BCUT2D eigenvalue weighted by Crippen LogP contribution is 2.33. The molecule has 2 aromatic heterocycles. The number of rotatable bonds is 10. The second kappa shape index (κ2) is 11.9. The Bertz CT molecular complexity index is 1600. The quantitative estimate of drug-likeness (QED) is 0.321. The number of alkyl halides is 3. The molecule has 1 saturated heterocycles. The van der Waals surface area contributed by atoms with Crippen molar-refractivity contribution < 1.29 is 44.3 Å². The predicted molar refractivity (Wildman–Crippen MR) is 138 cm³/mol. The van der Waals surface area contributed by atoms with Crippen LogP contribution in [-0.4, -0.2) is 98.7 Å². The third-order valence-electron chi connectivity index (χ3n) is 6.45. The van der Waals surface area contributed by atoms with Crippen LogP contribution >= 0.6 is 0 Å². The van der Waals surface area contributed by atoms with E-state index < -0.39 is 50.5 Å². The molecule has 0 amide bonds. The van der Waals surface area contributed by atoms with Gasteiger partial charge >= 0.3 is 12.1 Å². The number of nitrogens with zero attached hydrogens (tertiary/aromatic N) is 5. The van der Waals surface area contributed by atoms with Crippen LogP contribution in [0.1, 0.15) is 11.3 Å². The minimum Gasteiger partial charge on any atom is -0.489 e. The Kier molecular flexibility index (Phi) is 8.88. The molecule has 0 aliphatic carbocycles. The van der Waals surface area contributed by atoms with Crippen LogP contribution < -0.4 is 9.46 Å². The molecule has 1 aromatic carbocycles. The van der Waals surface area contributed by atoms with Gasteiger partial charge in [0.25, 0.3) is 0 Å². The van der Waals surface area contributed by atoms with E-state index in [0.29, 0.717) is 0 Å². The van der Waals surface area contributed by atoms with Crippen molar-refractivity contribution >= 4 is 31.5 Å². The Balaban J connectivity index is 1.42. The standard InChI is InChI=1S/C23H27F3N6O7S2/c1-38-22(33)20(30-9-11-31(12-10-30)40(2,34)35)13-28-41(36,37)17-5-3-16(4-6-17)39-14-18-19-7-8-27-15-32(19)29-21(18)23(24,25)26/h3-8,15,20,28H,9-14H2,1-2H3. The molecular weight excluding hydrogens is 593 g/mol. The Labute approximate surface area is 233 Å². The van der Waals surface area contributed by atoms with Crippen LogP contribution in [0.4, 0.5) is 13.2 Å². The number of nitrogens with one attached hydrogen (secondary N) is 1. The van der Waals surface area contributed by atoms with Crippen molar-refractivity contribution in [1.29, 1.82) is 0 Å². The molecule has 1 aliphatic heterocycles. The van der Waals surface area contributed by atoms with Crippen LogP contribution in [0.25, 0.3) is 5.52 Å². The molecule has 1 unspecified atom stereocenters. The average Bonchev–Trinajstić information content (AvgIpc) is 3.31. The summed E-state index contributed by atoms with van der Waals surface area (Å²) in [4.78, 5) is 17.6. The van der Waals surface area contributed by atoms with Crippen LogP contribution in [-0.2, 0) is 42.4 Å². The van der Waals surface area contributed by atoms with Gasteiger partial charge in [0.05, 0.1) is 23.8 Å². The fourth-order valence-electron chi connectivity index (χ4n) is 4.32. The summed E-state index contributed by atoms with van der Waals surface area (Å²) in [7, 11) is -6.35. The number of aromatic nitrogens is 3. The molecule has 0 spiro atoms. The fraction of sp³-hybridized carbons (Fsp3) is 0.435. The van der Waals surface area contributed by atoms with Crippen molar-refractivity contribution in [2.24, 2.45) is 0 Å². The van der Waals surface area contributed by atoms with Gasteiger partial charge in [0.1, 0.15) is 24.7 Å². The Morgan fingerprint density at radius 2 is 1.73 bits per heavy atom. The first-order valence-electron chi connectivity index (χ1n) is 12.1. The number of carbonyl (C=O) groups excluding carboxylic acids is 1. The molecule has 13 nitrogen and oxygen atoms in total. The zero-order valence-corrected chi connectivity index (χ0v) is 23.5. The summed E-state index contributed by atoms with van der Waals surface area (Å²) < 4.78 is 105. The number of sulfonamides is 2. The summed E-state index contributed by atoms with van der Waals surface area (Å²) in [5.74, 6) is -0.576. The number of hydrogen-bond donors (Lipinski definition) is 1. The molecule has 3 heterocycles. The fourth-order valence-corrected chi connectivity index (χ4v) is 6.18. The summed E-state index contributed by atoms with van der Waals surface area (Å²) in [6, 6.07) is 5.37. The van der Waals surface area contributed by atoms with Crippen LogP contribution in [0.5, 0.6) is 5.75 Å². The minimum absolute atomic E-state index is 0.113. The van der Waals surface area contributed by atoms with Gasteiger partial charge in [-0.1, -0.05) is 0 Å². The normalized spacial score (nSPS) is 16.5. The zero-order chi connectivity index (χ0) is 30.0. The number of halogens is 3. The van der Waals surface area contributed by atoms with Gasteiger partial charge in [-0.2, -0.15) is 22.6 Å². The van der Waals surface area contributed by atoms with E-state index in [4.69, 9.17) is 9.47 Å². The summed E-state index contributed by atoms with van der Waals surface area (Å²) in [6.45, 7) is -0.163. The van der Waals surface area contributed by atoms with Crippen molar-refractivity contribution in [3.63, 3.8) is 0 Å². The van der Waals surface area contributed by atoms with Crippen LogP contribution in [0, 0.1) is 0 Å². The van der Waals surface area contributed by atoms with Crippen molar-refractivity contribution in [1.82, 2.24) is 28.5 Å². The summed E-state index contributed by atoms with van der Waals surface area (Å²) in [5, 5.41) is 3.54. The summed E-state index contributed by atoms with van der Waals surface area (Å²) in [6.07, 6.45) is -1.17. The largest absolute Gasteiger partial charge is 0.489 e. The van der Waals surface area contributed by atoms with E-state index in [1.807, 2.05) is 0 Å². The maximum atomic E-state index is 13.5. The van der Waals surface area contributed by atoms with Crippen molar-refractivity contribution in [3.8, 4) is 5.75 Å². The lowest BCUT2D eigenvalue weighted by Gasteiger charge is -2.36. The highest BCUT2D eigenvalue weighted by molar-refractivity contribution is 7.89. The first kappa shape index (κ1) is 30.6. The minimum atomic E-state index is -4.72. The van der Waals surface area contributed by atoms with Crippen LogP contribution in [0.15, 0.2) is 47.8 Å². The highest BCUT2D eigenvalue weighted by atomic mass is 32.2. The van der Waals surface area contributed by atoms with Gasteiger partial charge in [0.15, 0.2) is 5.69 Å². The second-order valence-corrected chi connectivity index (χ2v) is 12.8. The van der Waals surface area contributed by atoms with Crippen molar-refractivity contribution in [3.05, 3.63) is 54.1 Å². The molecule has 4 rings (SSSR count). The van der Waals surface area contributed by atoms with Crippen molar-refractivity contribution in [2.75, 3.05) is 46.1 Å². The number of benzene rings is 1. The van der Waals surface area contributed by atoms with E-state index in [-0.39, 0.29) is 54.4 Å². The predicted octanol–water partition coefficient (Wildman–Crippen LogP) is 0.724. The van der Waals surface area contributed by atoms with Gasteiger partial charge in [0.2, 0.25) is 20.0 Å². The number of ether oxygens (including phenoxy) is 2. The first-order valence-corrected chi connectivity index (χ1v) is 15.4. The van der Waals surface area contributed by atoms with Gasteiger partial charge in [-0.15, -0.1) is 0 Å². The Hall–Kier alpha value is -3.32. The first-order chi connectivity index (χ1) is 19.2. The van der Waals surface area contributed by atoms with E-state index in [1.165, 1.54) is 40.8 Å². The topological polar surface area (TPSA) is 153 Å². The monoisotopic (exact) mass is 620 g/mol. The van der Waals surface area contributed by atoms with Gasteiger partial charge in [-0.3, -0.25) is 9.69 Å². The molecule has 1 aliphatic rings. The molecule has 18 heteroatoms. The van der Waals surface area contributed by atoms with Crippen LogP contribution in [0.2, 0.25) is 0 Å². The number of hydrogen-bond acceptors (Lipinski definition) is 10. The Morgan fingerprint density at radius 3 is 2.32 bits per heavy atom. The number of carbonyl (C=O) groups is 1. The number of fused-ring (bicyclic) bond motifs is 1. The number of esters is 1. The highest BCUT2D eigenvalue weighted by Gasteiger charge is 2.38. The van der Waals surface area contributed by atoms with Gasteiger partial charge < -0.3 is 9.47 Å². The van der Waals surface area contributed by atoms with E-state index in [1.54, 1.807) is 4.90 Å². The molecule has 0 bridgehead atoms. The van der Waals surface area contributed by atoms with E-state index in [0.717, 1.165) is 24.2 Å². The SMILES string of the molecule is COC(=O)C(CNS(=O)(=O)c1ccc(OCc2c(C(F)(F)F)nn3cnccc23)cc1)N1CCN(S(C)(=O)=O)CC1. The van der Waals surface area contributed by atoms with E-state index in [9.17, 15) is 34.8 Å². The second-order valence-electron chi connectivity index (χ2n) is 9.08. The molecule has 1 atom stereocenters. The third kappa shape index (κ3) is 7.13. The van der Waals surface area contributed by atoms with Crippen LogP contribution in [0.3, 0.4) is 0 Å². The molecule has 0 radical (unpaired) electrons. The lowest BCUT2D eigenvalue weighted by molar-refractivity contribution is -0.147. The lowest BCUT2D eigenvalue weighted by Crippen LogP contribution is -2.56. The molecule has 1 fully saturated rings. The zero-order valence-electron chi connectivity index (χ0n) is 21.9.